The molecule has 0 aliphatic carbocycles. The standard InChI is InChI=1S/C15H13FN2O/c1-11-6-8-18(15(19)14(11)10-17)9-7-12-2-4-13(16)5-3-12/h2-6,8H,7,9H2,1H3. The molecule has 1 heterocycles. The van der Waals surface area contributed by atoms with Crippen LogP contribution in [0.25, 0.3) is 0 Å². The maximum atomic E-state index is 12.8. The van der Waals surface area contributed by atoms with Gasteiger partial charge >= 0.3 is 0 Å². The van der Waals surface area contributed by atoms with Crippen LogP contribution in [-0.4, -0.2) is 4.57 Å². The van der Waals surface area contributed by atoms with E-state index >= 15 is 0 Å². The summed E-state index contributed by atoms with van der Waals surface area (Å²) in [5, 5.41) is 8.93. The van der Waals surface area contributed by atoms with Gasteiger partial charge in [-0.05, 0) is 42.7 Å². The average molecular weight is 256 g/mol. The van der Waals surface area contributed by atoms with Gasteiger partial charge in [0, 0.05) is 12.7 Å². The van der Waals surface area contributed by atoms with Crippen molar-refractivity contribution in [3.63, 3.8) is 0 Å². The molecule has 1 aromatic heterocycles. The molecule has 2 rings (SSSR count). The number of halogens is 1. The van der Waals surface area contributed by atoms with Crippen LogP contribution in [0.5, 0.6) is 0 Å². The van der Waals surface area contributed by atoms with E-state index in [4.69, 9.17) is 5.26 Å². The van der Waals surface area contributed by atoms with Crippen molar-refractivity contribution in [1.29, 1.82) is 5.26 Å². The Morgan fingerprint density at radius 3 is 2.58 bits per heavy atom. The molecule has 0 saturated carbocycles. The van der Waals surface area contributed by atoms with Crippen LogP contribution in [0.4, 0.5) is 4.39 Å². The summed E-state index contributed by atoms with van der Waals surface area (Å²) in [5.74, 6) is -0.275. The van der Waals surface area contributed by atoms with Gasteiger partial charge in [-0.3, -0.25) is 4.79 Å². The van der Waals surface area contributed by atoms with Crippen molar-refractivity contribution < 1.29 is 4.39 Å². The van der Waals surface area contributed by atoms with Gasteiger partial charge in [0.2, 0.25) is 0 Å². The highest BCUT2D eigenvalue weighted by atomic mass is 19.1. The predicted molar refractivity (Wildman–Crippen MR) is 70.3 cm³/mol. The van der Waals surface area contributed by atoms with E-state index in [-0.39, 0.29) is 16.9 Å². The Morgan fingerprint density at radius 2 is 1.95 bits per heavy atom. The van der Waals surface area contributed by atoms with Crippen LogP contribution < -0.4 is 5.56 Å². The second-order valence-electron chi connectivity index (χ2n) is 4.36. The summed E-state index contributed by atoms with van der Waals surface area (Å²) in [6.07, 6.45) is 2.30. The number of hydrogen-bond acceptors (Lipinski definition) is 2. The van der Waals surface area contributed by atoms with E-state index in [1.165, 1.54) is 16.7 Å². The number of hydrogen-bond donors (Lipinski definition) is 0. The van der Waals surface area contributed by atoms with E-state index in [1.54, 1.807) is 31.3 Å². The van der Waals surface area contributed by atoms with Crippen LogP contribution in [0, 0.1) is 24.1 Å². The van der Waals surface area contributed by atoms with Crippen molar-refractivity contribution in [2.24, 2.45) is 0 Å². The third-order valence-corrected chi connectivity index (χ3v) is 3.04. The van der Waals surface area contributed by atoms with Gasteiger partial charge in [0.25, 0.3) is 5.56 Å². The summed E-state index contributed by atoms with van der Waals surface area (Å²) >= 11 is 0. The van der Waals surface area contributed by atoms with Crippen molar-refractivity contribution in [3.05, 3.63) is 69.4 Å². The first-order valence-corrected chi connectivity index (χ1v) is 5.96. The second-order valence-corrected chi connectivity index (χ2v) is 4.36. The average Bonchev–Trinajstić information content (AvgIpc) is 2.40. The Labute approximate surface area is 110 Å². The first-order valence-electron chi connectivity index (χ1n) is 5.96. The lowest BCUT2D eigenvalue weighted by molar-refractivity contribution is 0.624. The number of benzene rings is 1. The molecule has 0 amide bonds. The summed E-state index contributed by atoms with van der Waals surface area (Å²) in [6, 6.07) is 9.86. The molecule has 0 N–H and O–H groups in total. The molecular formula is C15H13FN2O. The Hall–Kier alpha value is -2.41. The minimum absolute atomic E-state index is 0.182. The maximum absolute atomic E-state index is 12.8. The highest BCUT2D eigenvalue weighted by molar-refractivity contribution is 5.33. The number of aryl methyl sites for hydroxylation is 3. The summed E-state index contributed by atoms with van der Waals surface area (Å²) in [6.45, 7) is 2.21. The Balaban J connectivity index is 2.19. The molecule has 0 aliphatic heterocycles. The minimum Gasteiger partial charge on any atom is -0.314 e. The normalized spacial score (nSPS) is 10.2. The second kappa shape index (κ2) is 5.49. The van der Waals surface area contributed by atoms with Crippen molar-refractivity contribution in [2.75, 3.05) is 0 Å². The van der Waals surface area contributed by atoms with Crippen LogP contribution in [0.2, 0.25) is 0 Å². The molecule has 0 saturated heterocycles. The Morgan fingerprint density at radius 1 is 1.26 bits per heavy atom. The van der Waals surface area contributed by atoms with E-state index in [0.29, 0.717) is 18.5 Å². The summed E-state index contributed by atoms with van der Waals surface area (Å²) in [4.78, 5) is 12.0. The lowest BCUT2D eigenvalue weighted by Crippen LogP contribution is -2.23. The molecule has 0 radical (unpaired) electrons. The Bertz CT molecular complexity index is 681. The van der Waals surface area contributed by atoms with Gasteiger partial charge in [0.15, 0.2) is 0 Å². The fraction of sp³-hybridized carbons (Fsp3) is 0.200. The summed E-state index contributed by atoms with van der Waals surface area (Å²) in [5.41, 5.74) is 1.55. The van der Waals surface area contributed by atoms with E-state index in [1.807, 2.05) is 6.07 Å². The monoisotopic (exact) mass is 256 g/mol. The molecule has 4 heteroatoms. The molecule has 0 atom stereocenters. The number of nitriles is 1. The van der Waals surface area contributed by atoms with Gasteiger partial charge in [-0.25, -0.2) is 4.39 Å². The van der Waals surface area contributed by atoms with Crippen LogP contribution >= 0.6 is 0 Å². The van der Waals surface area contributed by atoms with Gasteiger partial charge in [0.1, 0.15) is 17.4 Å². The van der Waals surface area contributed by atoms with Crippen molar-refractivity contribution in [2.45, 2.75) is 19.9 Å². The van der Waals surface area contributed by atoms with E-state index in [0.717, 1.165) is 5.56 Å². The molecule has 2 aromatic rings. The minimum atomic E-state index is -0.275. The molecule has 0 aliphatic rings. The molecule has 0 fully saturated rings. The van der Waals surface area contributed by atoms with Crippen LogP contribution in [0.3, 0.4) is 0 Å². The van der Waals surface area contributed by atoms with Gasteiger partial charge in [-0.1, -0.05) is 12.1 Å². The molecule has 0 bridgehead atoms. The van der Waals surface area contributed by atoms with E-state index < -0.39 is 0 Å². The lowest BCUT2D eigenvalue weighted by atomic mass is 10.1. The Kier molecular flexibility index (Phi) is 3.76. The fourth-order valence-electron chi connectivity index (χ4n) is 1.88. The molecule has 0 spiro atoms. The third kappa shape index (κ3) is 2.89. The van der Waals surface area contributed by atoms with Crippen LogP contribution in [0.15, 0.2) is 41.3 Å². The van der Waals surface area contributed by atoms with Gasteiger partial charge < -0.3 is 4.57 Å². The molecule has 1 aromatic carbocycles. The van der Waals surface area contributed by atoms with Crippen LogP contribution in [0.1, 0.15) is 16.7 Å². The number of rotatable bonds is 3. The summed E-state index contributed by atoms with van der Waals surface area (Å²) < 4.78 is 14.3. The van der Waals surface area contributed by atoms with Crippen molar-refractivity contribution in [1.82, 2.24) is 4.57 Å². The molecule has 96 valence electrons. The fourth-order valence-corrected chi connectivity index (χ4v) is 1.88. The molecule has 0 unspecified atom stereocenters. The van der Waals surface area contributed by atoms with Crippen molar-refractivity contribution >= 4 is 0 Å². The van der Waals surface area contributed by atoms with Crippen LogP contribution in [-0.2, 0) is 13.0 Å². The topological polar surface area (TPSA) is 45.8 Å². The lowest BCUT2D eigenvalue weighted by Gasteiger charge is -2.07. The first kappa shape index (κ1) is 13.0. The largest absolute Gasteiger partial charge is 0.314 e. The predicted octanol–water partition coefficient (Wildman–Crippen LogP) is 2.41. The van der Waals surface area contributed by atoms with Crippen molar-refractivity contribution in [3.8, 4) is 6.07 Å². The third-order valence-electron chi connectivity index (χ3n) is 3.04. The zero-order chi connectivity index (χ0) is 13.8. The SMILES string of the molecule is Cc1ccn(CCc2ccc(F)cc2)c(=O)c1C#N. The van der Waals surface area contributed by atoms with E-state index in [2.05, 4.69) is 0 Å². The van der Waals surface area contributed by atoms with Gasteiger partial charge in [-0.2, -0.15) is 5.26 Å². The zero-order valence-electron chi connectivity index (χ0n) is 10.6. The quantitative estimate of drug-likeness (QED) is 0.846. The number of nitrogens with zero attached hydrogens (tertiary/aromatic N) is 2. The zero-order valence-corrected chi connectivity index (χ0v) is 10.6. The molecule has 3 nitrogen and oxygen atoms in total. The van der Waals surface area contributed by atoms with Gasteiger partial charge in [-0.15, -0.1) is 0 Å². The highest BCUT2D eigenvalue weighted by Crippen LogP contribution is 2.05. The smallest absolute Gasteiger partial charge is 0.268 e. The number of aromatic nitrogens is 1. The van der Waals surface area contributed by atoms with Gasteiger partial charge in [0.05, 0.1) is 0 Å². The molecule has 19 heavy (non-hydrogen) atoms. The summed E-state index contributed by atoms with van der Waals surface area (Å²) in [7, 11) is 0. The van der Waals surface area contributed by atoms with E-state index in [9.17, 15) is 9.18 Å². The maximum Gasteiger partial charge on any atom is 0.268 e. The number of pyridine rings is 1. The first-order chi connectivity index (χ1) is 9.11. The highest BCUT2D eigenvalue weighted by Gasteiger charge is 2.06. The molecular weight excluding hydrogens is 243 g/mol.